The van der Waals surface area contributed by atoms with Crippen molar-refractivity contribution in [1.29, 1.82) is 0 Å². The van der Waals surface area contributed by atoms with E-state index in [0.29, 0.717) is 22.4 Å². The van der Waals surface area contributed by atoms with Crippen LogP contribution in [-0.2, 0) is 0 Å². The van der Waals surface area contributed by atoms with Crippen LogP contribution in [0.3, 0.4) is 0 Å². The second-order valence-electron chi connectivity index (χ2n) is 5.55. The van der Waals surface area contributed by atoms with Gasteiger partial charge in [-0.05, 0) is 42.0 Å². The van der Waals surface area contributed by atoms with Crippen molar-refractivity contribution in [1.82, 2.24) is 0 Å². The van der Waals surface area contributed by atoms with Crippen LogP contribution in [0.4, 0.5) is 11.4 Å². The normalized spacial score (nSPS) is 11.0. The zero-order valence-corrected chi connectivity index (χ0v) is 12.7. The van der Waals surface area contributed by atoms with Crippen molar-refractivity contribution < 1.29 is 4.42 Å². The van der Waals surface area contributed by atoms with Crippen molar-refractivity contribution in [2.24, 2.45) is 0 Å². The first-order chi connectivity index (χ1) is 11.2. The van der Waals surface area contributed by atoms with Crippen LogP contribution in [0.1, 0.15) is 5.76 Å². The molecule has 0 unspecified atom stereocenters. The van der Waals surface area contributed by atoms with E-state index in [-0.39, 0.29) is 5.43 Å². The average Bonchev–Trinajstić information content (AvgIpc) is 2.58. The van der Waals surface area contributed by atoms with Gasteiger partial charge in [-0.15, -0.1) is 0 Å². The third-order valence-corrected chi connectivity index (χ3v) is 3.98. The van der Waals surface area contributed by atoms with Crippen molar-refractivity contribution in [2.75, 3.05) is 5.32 Å². The fraction of sp³-hybridized carbons (Fsp3) is 0.0500. The predicted octanol–water partition coefficient (Wildman–Crippen LogP) is 5.00. The van der Waals surface area contributed by atoms with Crippen LogP contribution < -0.4 is 10.7 Å². The van der Waals surface area contributed by atoms with E-state index < -0.39 is 0 Å². The van der Waals surface area contributed by atoms with E-state index in [1.807, 2.05) is 66.7 Å². The van der Waals surface area contributed by atoms with Crippen molar-refractivity contribution >= 4 is 33.1 Å². The molecule has 112 valence electrons. The molecule has 3 aromatic carbocycles. The van der Waals surface area contributed by atoms with E-state index in [9.17, 15) is 4.79 Å². The SMILES string of the molecule is Cc1oc2cc3ccccc3cc2c(=O)c1Nc1ccccc1. The Hall–Kier alpha value is -3.07. The zero-order chi connectivity index (χ0) is 15.8. The van der Waals surface area contributed by atoms with Crippen molar-refractivity contribution in [3.8, 4) is 0 Å². The molecule has 0 spiro atoms. The Labute approximate surface area is 133 Å². The van der Waals surface area contributed by atoms with Gasteiger partial charge in [-0.3, -0.25) is 4.79 Å². The molecule has 0 saturated heterocycles. The Morgan fingerprint density at radius 3 is 2.26 bits per heavy atom. The summed E-state index contributed by atoms with van der Waals surface area (Å²) in [5.74, 6) is 0.585. The maximum absolute atomic E-state index is 12.9. The fourth-order valence-electron chi connectivity index (χ4n) is 2.80. The maximum atomic E-state index is 12.9. The van der Waals surface area contributed by atoms with Gasteiger partial charge in [0.25, 0.3) is 0 Å². The standard InChI is InChI=1S/C20H15NO2/c1-13-19(21-16-9-3-2-4-10-16)20(22)17-11-14-7-5-6-8-15(14)12-18(17)23-13/h2-12,21H,1H3. The molecule has 1 N–H and O–H groups in total. The highest BCUT2D eigenvalue weighted by Gasteiger charge is 2.12. The molecule has 3 heteroatoms. The molecule has 0 radical (unpaired) electrons. The third kappa shape index (κ3) is 2.36. The molecule has 23 heavy (non-hydrogen) atoms. The summed E-state index contributed by atoms with van der Waals surface area (Å²) in [5.41, 5.74) is 1.92. The minimum absolute atomic E-state index is 0.0432. The largest absolute Gasteiger partial charge is 0.459 e. The lowest BCUT2D eigenvalue weighted by Crippen LogP contribution is -2.10. The molecule has 3 nitrogen and oxygen atoms in total. The third-order valence-electron chi connectivity index (χ3n) is 3.98. The van der Waals surface area contributed by atoms with Gasteiger partial charge in [0.05, 0.1) is 5.39 Å². The van der Waals surface area contributed by atoms with Crippen molar-refractivity contribution in [3.63, 3.8) is 0 Å². The molecule has 0 bridgehead atoms. The van der Waals surface area contributed by atoms with Crippen molar-refractivity contribution in [2.45, 2.75) is 6.92 Å². The van der Waals surface area contributed by atoms with E-state index in [1.165, 1.54) is 0 Å². The first-order valence-corrected chi connectivity index (χ1v) is 7.51. The smallest absolute Gasteiger partial charge is 0.216 e. The van der Waals surface area contributed by atoms with Gasteiger partial charge in [0.15, 0.2) is 0 Å². The van der Waals surface area contributed by atoms with Crippen molar-refractivity contribution in [3.05, 3.63) is 82.7 Å². The molecule has 1 aromatic heterocycles. The number of aryl methyl sites for hydroxylation is 1. The Morgan fingerprint density at radius 2 is 1.52 bits per heavy atom. The maximum Gasteiger partial charge on any atom is 0.216 e. The van der Waals surface area contributed by atoms with Gasteiger partial charge in [-0.25, -0.2) is 0 Å². The Morgan fingerprint density at radius 1 is 0.870 bits per heavy atom. The first-order valence-electron chi connectivity index (χ1n) is 7.51. The Bertz CT molecular complexity index is 1070. The summed E-state index contributed by atoms with van der Waals surface area (Å²) in [6.07, 6.45) is 0. The van der Waals surface area contributed by atoms with Crippen LogP contribution in [0, 0.1) is 6.92 Å². The summed E-state index contributed by atoms with van der Waals surface area (Å²) >= 11 is 0. The number of rotatable bonds is 2. The number of nitrogens with one attached hydrogen (secondary N) is 1. The molecular weight excluding hydrogens is 286 g/mol. The minimum atomic E-state index is -0.0432. The highest BCUT2D eigenvalue weighted by Crippen LogP contribution is 2.25. The number of hydrogen-bond donors (Lipinski definition) is 1. The number of anilines is 2. The zero-order valence-electron chi connectivity index (χ0n) is 12.7. The van der Waals surface area contributed by atoms with Crippen LogP contribution in [-0.4, -0.2) is 0 Å². The summed E-state index contributed by atoms with van der Waals surface area (Å²) in [5, 5.41) is 5.86. The monoisotopic (exact) mass is 301 g/mol. The summed E-state index contributed by atoms with van der Waals surface area (Å²) in [4.78, 5) is 12.9. The summed E-state index contributed by atoms with van der Waals surface area (Å²) in [6, 6.07) is 21.4. The molecule has 4 rings (SSSR count). The van der Waals surface area contributed by atoms with Gasteiger partial charge in [-0.2, -0.15) is 0 Å². The number of benzene rings is 3. The van der Waals surface area contributed by atoms with Crippen LogP contribution in [0.25, 0.3) is 21.7 Å². The molecule has 0 aliphatic carbocycles. The molecule has 0 saturated carbocycles. The average molecular weight is 301 g/mol. The van der Waals surface area contributed by atoms with E-state index in [0.717, 1.165) is 16.5 Å². The van der Waals surface area contributed by atoms with Gasteiger partial charge >= 0.3 is 0 Å². The second kappa shape index (κ2) is 5.29. The number of fused-ring (bicyclic) bond motifs is 2. The minimum Gasteiger partial charge on any atom is -0.459 e. The van der Waals surface area contributed by atoms with Crippen LogP contribution in [0.2, 0.25) is 0 Å². The molecule has 0 aliphatic rings. The van der Waals surface area contributed by atoms with Gasteiger partial charge < -0.3 is 9.73 Å². The Kier molecular flexibility index (Phi) is 3.12. The fourth-order valence-corrected chi connectivity index (χ4v) is 2.80. The lowest BCUT2D eigenvalue weighted by Gasteiger charge is -2.10. The number of hydrogen-bond acceptors (Lipinski definition) is 3. The lowest BCUT2D eigenvalue weighted by atomic mass is 10.1. The molecule has 4 aromatic rings. The van der Waals surface area contributed by atoms with Crippen LogP contribution in [0.5, 0.6) is 0 Å². The molecule has 0 aliphatic heterocycles. The first kappa shape index (κ1) is 13.6. The summed E-state index contributed by atoms with van der Waals surface area (Å²) in [7, 11) is 0. The van der Waals surface area contributed by atoms with Crippen LogP contribution in [0.15, 0.2) is 75.9 Å². The van der Waals surface area contributed by atoms with E-state index >= 15 is 0 Å². The summed E-state index contributed by atoms with van der Waals surface area (Å²) in [6.45, 7) is 1.81. The highest BCUT2D eigenvalue weighted by atomic mass is 16.3. The highest BCUT2D eigenvalue weighted by molar-refractivity contribution is 5.96. The van der Waals surface area contributed by atoms with Gasteiger partial charge in [-0.1, -0.05) is 42.5 Å². The van der Waals surface area contributed by atoms with Gasteiger partial charge in [0, 0.05) is 5.69 Å². The predicted molar refractivity (Wildman–Crippen MR) is 94.5 cm³/mol. The van der Waals surface area contributed by atoms with Crippen LogP contribution >= 0.6 is 0 Å². The van der Waals surface area contributed by atoms with E-state index in [4.69, 9.17) is 4.42 Å². The van der Waals surface area contributed by atoms with E-state index in [2.05, 4.69) is 5.32 Å². The van der Waals surface area contributed by atoms with E-state index in [1.54, 1.807) is 6.92 Å². The molecular formula is C20H15NO2. The molecule has 0 amide bonds. The molecule has 0 atom stereocenters. The Balaban J connectivity index is 1.95. The van der Waals surface area contributed by atoms with Gasteiger partial charge in [0.2, 0.25) is 5.43 Å². The topological polar surface area (TPSA) is 42.2 Å². The number of para-hydroxylation sites is 1. The quantitative estimate of drug-likeness (QED) is 0.530. The molecule has 1 heterocycles. The lowest BCUT2D eigenvalue weighted by molar-refractivity contribution is 0.568. The van der Waals surface area contributed by atoms with Gasteiger partial charge in [0.1, 0.15) is 17.0 Å². The summed E-state index contributed by atoms with van der Waals surface area (Å²) < 4.78 is 5.89. The molecule has 0 fully saturated rings. The second-order valence-corrected chi connectivity index (χ2v) is 5.55.